The first-order chi connectivity index (χ1) is 17.1. The van der Waals surface area contributed by atoms with Crippen molar-refractivity contribution in [3.8, 4) is 11.5 Å². The number of phenols is 2. The van der Waals surface area contributed by atoms with Crippen LogP contribution in [0.15, 0.2) is 94.9 Å². The molecule has 1 aliphatic rings. The monoisotopic (exact) mass is 461 g/mol. The van der Waals surface area contributed by atoms with Crippen LogP contribution in [0.3, 0.4) is 0 Å². The van der Waals surface area contributed by atoms with Crippen molar-refractivity contribution >= 4 is 44.2 Å². The van der Waals surface area contributed by atoms with Crippen molar-refractivity contribution in [3.05, 3.63) is 96.1 Å². The number of fused-ring (bicyclic) bond motifs is 5. The molecule has 172 valence electrons. The average molecular weight is 462 g/mol. The second-order valence-electron chi connectivity index (χ2n) is 8.44. The van der Waals surface area contributed by atoms with E-state index in [9.17, 15) is 10.2 Å². The van der Waals surface area contributed by atoms with Crippen LogP contribution in [0.2, 0.25) is 0 Å². The van der Waals surface area contributed by atoms with Crippen molar-refractivity contribution in [2.24, 2.45) is 9.98 Å². The van der Waals surface area contributed by atoms with Crippen LogP contribution in [-0.2, 0) is 4.74 Å². The number of ether oxygens (including phenoxy) is 1. The fraction of sp³-hybridized carbons (Fsp3) is 0.103. The number of nitrogens with zero attached hydrogens (tertiary/aromatic N) is 2. The van der Waals surface area contributed by atoms with E-state index in [0.29, 0.717) is 24.0 Å². The summed E-state index contributed by atoms with van der Waals surface area (Å²) in [6.45, 7) is 2.32. The van der Waals surface area contributed by atoms with Crippen molar-refractivity contribution in [1.29, 1.82) is 0 Å². The molecule has 3 N–H and O–H groups in total. The fourth-order valence-electron chi connectivity index (χ4n) is 4.73. The van der Waals surface area contributed by atoms with Crippen LogP contribution in [0.25, 0.3) is 32.3 Å². The number of phenolic OH excluding ortho intramolecular Hbond substituents is 2. The van der Waals surface area contributed by atoms with Gasteiger partial charge in [0.1, 0.15) is 11.5 Å². The van der Waals surface area contributed by atoms with Gasteiger partial charge in [0.2, 0.25) is 0 Å². The van der Waals surface area contributed by atoms with Crippen molar-refractivity contribution in [1.82, 2.24) is 5.32 Å². The van der Waals surface area contributed by atoms with Gasteiger partial charge in [0.25, 0.3) is 6.02 Å². The van der Waals surface area contributed by atoms with E-state index in [1.807, 2.05) is 31.2 Å². The molecule has 0 saturated carbocycles. The van der Waals surface area contributed by atoms with Crippen LogP contribution in [0, 0.1) is 0 Å². The summed E-state index contributed by atoms with van der Waals surface area (Å²) in [5.41, 5.74) is 1.40. The molecule has 0 bridgehead atoms. The lowest BCUT2D eigenvalue weighted by Gasteiger charge is -2.24. The molecule has 6 heteroatoms. The van der Waals surface area contributed by atoms with E-state index in [0.717, 1.165) is 27.1 Å². The van der Waals surface area contributed by atoms with Gasteiger partial charge in [0.05, 0.1) is 6.61 Å². The summed E-state index contributed by atoms with van der Waals surface area (Å²) in [6, 6.07) is 27.8. The van der Waals surface area contributed by atoms with E-state index in [1.165, 1.54) is 22.9 Å². The van der Waals surface area contributed by atoms with E-state index in [2.05, 4.69) is 47.8 Å². The smallest absolute Gasteiger partial charge is 0.293 e. The van der Waals surface area contributed by atoms with Gasteiger partial charge in [-0.05, 0) is 57.4 Å². The number of amidine groups is 2. The zero-order valence-electron chi connectivity index (χ0n) is 19.1. The third-order valence-electron chi connectivity index (χ3n) is 6.32. The summed E-state index contributed by atoms with van der Waals surface area (Å²) in [5, 5.41) is 30.1. The Balaban J connectivity index is 1.63. The first-order valence-electron chi connectivity index (χ1n) is 11.5. The topological polar surface area (TPSA) is 86.4 Å². The lowest BCUT2D eigenvalue weighted by molar-refractivity contribution is 0.302. The van der Waals surface area contributed by atoms with Gasteiger partial charge in [-0.15, -0.1) is 0 Å². The number of aromatic hydroxyl groups is 2. The molecule has 1 atom stereocenters. The normalized spacial score (nSPS) is 15.6. The zero-order valence-corrected chi connectivity index (χ0v) is 19.1. The van der Waals surface area contributed by atoms with Crippen LogP contribution >= 0.6 is 0 Å². The molecule has 6 rings (SSSR count). The Morgan fingerprint density at radius 1 is 0.800 bits per heavy atom. The predicted octanol–water partition coefficient (Wildman–Crippen LogP) is 6.00. The Morgan fingerprint density at radius 3 is 2.34 bits per heavy atom. The largest absolute Gasteiger partial charge is 0.508 e. The number of benzene rings is 5. The van der Waals surface area contributed by atoms with Crippen molar-refractivity contribution < 1.29 is 14.9 Å². The van der Waals surface area contributed by atoms with Crippen LogP contribution in [0.1, 0.15) is 24.2 Å². The molecule has 5 aromatic carbocycles. The van der Waals surface area contributed by atoms with Gasteiger partial charge in [-0.2, -0.15) is 4.99 Å². The highest BCUT2D eigenvalue weighted by Crippen LogP contribution is 2.36. The Morgan fingerprint density at radius 2 is 1.54 bits per heavy atom. The Kier molecular flexibility index (Phi) is 4.99. The van der Waals surface area contributed by atoms with Gasteiger partial charge in [-0.3, -0.25) is 0 Å². The number of aliphatic imine (C=N–C) groups is 2. The van der Waals surface area contributed by atoms with Crippen LogP contribution < -0.4 is 5.32 Å². The molecule has 0 spiro atoms. The van der Waals surface area contributed by atoms with Gasteiger partial charge in [-0.25, -0.2) is 4.99 Å². The summed E-state index contributed by atoms with van der Waals surface area (Å²) in [5.74, 6) is 0.436. The minimum atomic E-state index is -0.633. The second kappa shape index (κ2) is 8.33. The maximum atomic E-state index is 10.5. The molecule has 6 nitrogen and oxygen atoms in total. The molecular formula is C29H23N3O3. The fourth-order valence-corrected chi connectivity index (χ4v) is 4.73. The van der Waals surface area contributed by atoms with Crippen LogP contribution in [0.5, 0.6) is 11.5 Å². The molecule has 1 heterocycles. The van der Waals surface area contributed by atoms with E-state index >= 15 is 0 Å². The third-order valence-corrected chi connectivity index (χ3v) is 6.32. The summed E-state index contributed by atoms with van der Waals surface area (Å²) in [6.07, 6.45) is -0.633. The SMILES string of the molecule is CCOC1=NC(c2cc3c4ccccc4ccc3c3ccccc23)=NC(c2ccc(O)cc2O)N1. The average Bonchev–Trinajstić information content (AvgIpc) is 2.88. The molecule has 0 aromatic heterocycles. The lowest BCUT2D eigenvalue weighted by Crippen LogP contribution is -2.34. The van der Waals surface area contributed by atoms with Crippen LogP contribution in [0.4, 0.5) is 0 Å². The summed E-state index contributed by atoms with van der Waals surface area (Å²) >= 11 is 0. The summed E-state index contributed by atoms with van der Waals surface area (Å²) in [4.78, 5) is 9.58. The zero-order chi connectivity index (χ0) is 23.9. The second-order valence-corrected chi connectivity index (χ2v) is 8.44. The van der Waals surface area contributed by atoms with E-state index < -0.39 is 6.17 Å². The molecule has 5 aromatic rings. The Hall–Kier alpha value is -4.58. The molecule has 35 heavy (non-hydrogen) atoms. The highest BCUT2D eigenvalue weighted by molar-refractivity contribution is 6.24. The third kappa shape index (κ3) is 3.60. The maximum absolute atomic E-state index is 10.5. The van der Waals surface area contributed by atoms with Crippen molar-refractivity contribution in [2.45, 2.75) is 13.1 Å². The molecule has 1 unspecified atom stereocenters. The van der Waals surface area contributed by atoms with Gasteiger partial charge in [0, 0.05) is 17.2 Å². The van der Waals surface area contributed by atoms with E-state index in [-0.39, 0.29) is 11.5 Å². The first kappa shape index (κ1) is 21.0. The molecular weight excluding hydrogens is 438 g/mol. The molecule has 0 amide bonds. The molecule has 0 aliphatic carbocycles. The highest BCUT2D eigenvalue weighted by atomic mass is 16.5. The van der Waals surface area contributed by atoms with E-state index in [4.69, 9.17) is 14.7 Å². The maximum Gasteiger partial charge on any atom is 0.293 e. The lowest BCUT2D eigenvalue weighted by atomic mass is 9.93. The molecule has 1 aliphatic heterocycles. The molecule has 0 saturated heterocycles. The van der Waals surface area contributed by atoms with Crippen molar-refractivity contribution in [3.63, 3.8) is 0 Å². The number of hydrogen-bond donors (Lipinski definition) is 3. The van der Waals surface area contributed by atoms with Gasteiger partial charge in [0.15, 0.2) is 12.0 Å². The van der Waals surface area contributed by atoms with E-state index in [1.54, 1.807) is 6.07 Å². The van der Waals surface area contributed by atoms with Gasteiger partial charge in [-0.1, -0.05) is 60.7 Å². The molecule has 0 fully saturated rings. The Labute approximate surface area is 201 Å². The number of rotatable bonds is 3. The van der Waals surface area contributed by atoms with Gasteiger partial charge >= 0.3 is 0 Å². The summed E-state index contributed by atoms with van der Waals surface area (Å²) in [7, 11) is 0. The standard InChI is InChI=1S/C29H23N3O3/c1-2-35-29-31-27(23-14-12-18(33)15-26(23)34)30-28(32-29)25-16-24-19-8-4-3-7-17(19)11-13-22(24)20-9-5-6-10-21(20)25/h3-16,27,33-34H,2H2,1H3,(H,30,31,32). The molecule has 0 radical (unpaired) electrons. The highest BCUT2D eigenvalue weighted by Gasteiger charge is 2.24. The predicted molar refractivity (Wildman–Crippen MR) is 140 cm³/mol. The minimum Gasteiger partial charge on any atom is -0.508 e. The minimum absolute atomic E-state index is 0.0163. The number of nitrogens with one attached hydrogen (secondary N) is 1. The van der Waals surface area contributed by atoms with Crippen molar-refractivity contribution in [2.75, 3.05) is 6.61 Å². The van der Waals surface area contributed by atoms with Gasteiger partial charge < -0.3 is 20.3 Å². The number of hydrogen-bond acceptors (Lipinski definition) is 6. The first-order valence-corrected chi connectivity index (χ1v) is 11.5. The quantitative estimate of drug-likeness (QED) is 0.288. The summed E-state index contributed by atoms with van der Waals surface area (Å²) < 4.78 is 5.75. The Bertz CT molecular complexity index is 1670. The van der Waals surface area contributed by atoms with Crippen LogP contribution in [-0.4, -0.2) is 28.7 Å².